The monoisotopic (exact) mass is 865 g/mol. The first-order valence-corrected chi connectivity index (χ1v) is 19.8. The topological polar surface area (TPSA) is 340 Å². The van der Waals surface area contributed by atoms with E-state index in [1.807, 2.05) is 18.2 Å². The second-order valence-electron chi connectivity index (χ2n) is 13.1. The lowest BCUT2D eigenvalue weighted by atomic mass is 10.1. The summed E-state index contributed by atoms with van der Waals surface area (Å²) in [7, 11) is -3.27. The summed E-state index contributed by atoms with van der Waals surface area (Å²) < 4.78 is 34.3. The van der Waals surface area contributed by atoms with Crippen molar-refractivity contribution in [2.45, 2.75) is 18.7 Å². The van der Waals surface area contributed by atoms with Gasteiger partial charge in [-0.25, -0.2) is 9.59 Å². The maximum Gasteiger partial charge on any atom is 0.390 e. The van der Waals surface area contributed by atoms with Gasteiger partial charge in [-0.1, -0.05) is 42.5 Å². The molecule has 0 spiro atoms. The molecular formula is C38H34BN18O5S. The molecule has 0 aliphatic heterocycles. The van der Waals surface area contributed by atoms with Gasteiger partial charge < -0.3 is 43.2 Å². The Morgan fingerprint density at radius 2 is 1.03 bits per heavy atom. The van der Waals surface area contributed by atoms with E-state index in [1.54, 1.807) is 74.5 Å². The Hall–Kier alpha value is -8.71. The highest BCUT2D eigenvalue weighted by Crippen LogP contribution is 2.35. The molecule has 0 unspecified atom stereocenters. The van der Waals surface area contributed by atoms with Gasteiger partial charge >= 0.3 is 19.6 Å². The lowest BCUT2D eigenvalue weighted by molar-refractivity contribution is 0.258. The third-order valence-electron chi connectivity index (χ3n) is 8.32. The molecular weight excluding hydrogens is 831 g/mol. The van der Waals surface area contributed by atoms with E-state index in [1.165, 1.54) is 31.8 Å². The van der Waals surface area contributed by atoms with Crippen LogP contribution >= 0.6 is 0 Å². The Morgan fingerprint density at radius 1 is 0.571 bits per heavy atom. The van der Waals surface area contributed by atoms with Gasteiger partial charge in [-0.3, -0.25) is 4.55 Å². The van der Waals surface area contributed by atoms with E-state index in [2.05, 4.69) is 82.1 Å². The molecule has 11 N–H and O–H groups in total. The van der Waals surface area contributed by atoms with Crippen molar-refractivity contribution in [3.8, 4) is 0 Å². The van der Waals surface area contributed by atoms with Gasteiger partial charge in [-0.2, -0.15) is 43.4 Å². The highest BCUT2D eigenvalue weighted by Gasteiger charge is 2.18. The van der Waals surface area contributed by atoms with Crippen molar-refractivity contribution in [3.63, 3.8) is 0 Å². The van der Waals surface area contributed by atoms with Crippen molar-refractivity contribution in [2.75, 3.05) is 31.7 Å². The van der Waals surface area contributed by atoms with Crippen LogP contribution in [0.3, 0.4) is 0 Å². The Kier molecular flexibility index (Phi) is 12.6. The molecule has 25 heteroatoms. The fourth-order valence-electron chi connectivity index (χ4n) is 5.70. The first-order chi connectivity index (χ1) is 30.2. The van der Waals surface area contributed by atoms with Crippen molar-refractivity contribution < 1.29 is 22.6 Å². The Balaban J connectivity index is 1.02. The van der Waals surface area contributed by atoms with Crippen LogP contribution in [0.1, 0.15) is 11.6 Å². The first kappa shape index (κ1) is 42.4. The Morgan fingerprint density at radius 3 is 1.54 bits per heavy atom. The number of carbonyl (C=O) groups excluding carboxylic acids is 2. The van der Waals surface area contributed by atoms with Crippen LogP contribution in [0, 0.1) is 13.8 Å². The molecule has 1 radical (unpaired) electrons. The molecule has 0 bridgehead atoms. The molecule has 7 rings (SSSR count). The summed E-state index contributed by atoms with van der Waals surface area (Å²) in [5, 5.41) is 34.9. The predicted molar refractivity (Wildman–Crippen MR) is 237 cm³/mol. The number of hydrogen-bond acceptors (Lipinski definition) is 18. The van der Waals surface area contributed by atoms with Crippen molar-refractivity contribution >= 4 is 110 Å². The number of amides is 4. The largest absolute Gasteiger partial charge is 0.390 e. The van der Waals surface area contributed by atoms with E-state index in [0.717, 1.165) is 0 Å². The molecule has 0 aliphatic carbocycles. The lowest BCUT2D eigenvalue weighted by Crippen LogP contribution is -2.21. The van der Waals surface area contributed by atoms with E-state index >= 15 is 0 Å². The molecule has 0 fully saturated rings. The number of fused-ring (bicyclic) bond motifs is 1. The minimum atomic E-state index is -4.67. The average molecular weight is 866 g/mol. The van der Waals surface area contributed by atoms with E-state index in [-0.39, 0.29) is 40.9 Å². The average Bonchev–Trinajstić information content (AvgIpc) is 3.22. The lowest BCUT2D eigenvalue weighted by Gasteiger charge is -2.12. The molecule has 0 saturated carbocycles. The van der Waals surface area contributed by atoms with Gasteiger partial charge in [0.2, 0.25) is 23.8 Å². The number of aromatic nitrogens is 6. The summed E-state index contributed by atoms with van der Waals surface area (Å²) in [6.45, 7) is 3.33. The Bertz CT molecular complexity index is 3030. The number of azo groups is 2. The number of nitrogens with zero attached hydrogens (tertiary/aromatic N) is 10. The third kappa shape index (κ3) is 11.5. The van der Waals surface area contributed by atoms with Gasteiger partial charge in [0.25, 0.3) is 10.1 Å². The van der Waals surface area contributed by atoms with Crippen LogP contribution in [0.4, 0.5) is 78.9 Å². The van der Waals surface area contributed by atoms with Crippen molar-refractivity contribution in [3.05, 3.63) is 115 Å². The van der Waals surface area contributed by atoms with E-state index in [9.17, 15) is 22.6 Å². The molecule has 0 atom stereocenters. The van der Waals surface area contributed by atoms with Crippen LogP contribution in [0.5, 0.6) is 0 Å². The number of primary amides is 2. The summed E-state index contributed by atoms with van der Waals surface area (Å²) in [5.41, 5.74) is 13.1. The van der Waals surface area contributed by atoms with Crippen molar-refractivity contribution in [1.82, 2.24) is 29.9 Å². The van der Waals surface area contributed by atoms with Gasteiger partial charge in [-0.05, 0) is 85.3 Å². The third-order valence-corrected chi connectivity index (χ3v) is 9.20. The zero-order chi connectivity index (χ0) is 44.5. The molecule has 0 saturated heterocycles. The number of anilines is 8. The van der Waals surface area contributed by atoms with Gasteiger partial charge in [0.05, 0.1) is 17.1 Å². The standard InChI is InChI=1S/C38H34BN18O5S/c1-20-42-35(46-25-12-14-27(29(18-25)48-33(40)58)55-54-24-10-4-3-5-11-24)50-37(44-20)52-39-53-38-45-21(2)43-36(51-38)47-26-13-15-28(30(19-26)49-34(41)59)56-57-31-16-22-8-6-7-9-23(22)17-32(31)63(60,61)62/h3-19H,1-2H3,(H3,40,48,58)(H3,41,49,59)(H,60,61,62)(H2,42,44,46,50,52)(H2,43,45,47,51,53). The fourth-order valence-corrected chi connectivity index (χ4v) is 6.34. The van der Waals surface area contributed by atoms with Crippen LogP contribution < -0.4 is 43.2 Å². The molecule has 7 aromatic rings. The first-order valence-electron chi connectivity index (χ1n) is 18.4. The van der Waals surface area contributed by atoms with Crippen LogP contribution in [-0.2, 0) is 10.1 Å². The number of urea groups is 2. The van der Waals surface area contributed by atoms with Gasteiger partial charge in [0.1, 0.15) is 33.6 Å². The molecule has 2 heterocycles. The summed E-state index contributed by atoms with van der Waals surface area (Å²) in [6.07, 6.45) is 0. The van der Waals surface area contributed by atoms with Gasteiger partial charge in [0, 0.05) is 11.4 Å². The molecule has 5 aromatic carbocycles. The van der Waals surface area contributed by atoms with Gasteiger partial charge in [0.15, 0.2) is 0 Å². The SMILES string of the molecule is Cc1nc(N[B]Nc2nc(C)nc(Nc3ccc(N=Nc4cc5ccccc5cc4S(=O)(=O)O)c(NC(N)=O)c3)n2)nc(Nc2ccc(N=Nc3ccccc3)c(NC(N)=O)c2)n1. The summed E-state index contributed by atoms with van der Waals surface area (Å²) in [4.78, 5) is 49.3. The summed E-state index contributed by atoms with van der Waals surface area (Å²) >= 11 is 0. The smallest absolute Gasteiger partial charge is 0.381 e. The van der Waals surface area contributed by atoms with Crippen LogP contribution in [0.15, 0.2) is 128 Å². The highest BCUT2D eigenvalue weighted by molar-refractivity contribution is 7.86. The molecule has 315 valence electrons. The van der Waals surface area contributed by atoms with Crippen LogP contribution in [0.2, 0.25) is 0 Å². The van der Waals surface area contributed by atoms with E-state index in [0.29, 0.717) is 50.9 Å². The second kappa shape index (κ2) is 18.7. The van der Waals surface area contributed by atoms with E-state index < -0.39 is 27.1 Å². The minimum absolute atomic E-state index is 0.110. The maximum atomic E-state index is 12.2. The van der Waals surface area contributed by atoms with Crippen molar-refractivity contribution in [2.24, 2.45) is 31.9 Å². The number of nitrogens with one attached hydrogen (secondary N) is 6. The maximum absolute atomic E-state index is 12.2. The highest BCUT2D eigenvalue weighted by atomic mass is 32.2. The predicted octanol–water partition coefficient (Wildman–Crippen LogP) is 7.43. The molecule has 63 heavy (non-hydrogen) atoms. The number of benzene rings is 5. The van der Waals surface area contributed by atoms with Crippen molar-refractivity contribution in [1.29, 1.82) is 0 Å². The number of carbonyl (C=O) groups is 2. The number of hydrogen-bond donors (Lipinski definition) is 9. The fraction of sp³-hybridized carbons (Fsp3) is 0.0526. The molecule has 4 amide bonds. The number of rotatable bonds is 15. The van der Waals surface area contributed by atoms with Crippen LogP contribution in [-0.4, -0.2) is 62.5 Å². The zero-order valence-electron chi connectivity index (χ0n) is 33.0. The number of nitrogens with two attached hydrogens (primary N) is 2. The van der Waals surface area contributed by atoms with Gasteiger partial charge in [-0.15, -0.1) is 15.3 Å². The molecule has 0 aliphatic rings. The minimum Gasteiger partial charge on any atom is -0.381 e. The quantitative estimate of drug-likeness (QED) is 0.0275. The molecule has 23 nitrogen and oxygen atoms in total. The summed E-state index contributed by atoms with van der Waals surface area (Å²) in [5.74, 6) is 1.31. The zero-order valence-corrected chi connectivity index (χ0v) is 33.8. The number of aryl methyl sites for hydroxylation is 2. The van der Waals surface area contributed by atoms with Crippen LogP contribution in [0.25, 0.3) is 10.8 Å². The summed E-state index contributed by atoms with van der Waals surface area (Å²) in [6, 6.07) is 26.6. The van der Waals surface area contributed by atoms with E-state index in [4.69, 9.17) is 11.5 Å². The normalized spacial score (nSPS) is 11.3. The Labute approximate surface area is 358 Å². The molecule has 2 aromatic heterocycles. The second-order valence-corrected chi connectivity index (χ2v) is 14.5.